The molecule has 0 N–H and O–H groups in total. The summed E-state index contributed by atoms with van der Waals surface area (Å²) >= 11 is 0. The van der Waals surface area contributed by atoms with Gasteiger partial charge >= 0.3 is 0 Å². The molecular weight excluding hydrogens is 290 g/mol. The van der Waals surface area contributed by atoms with Crippen LogP contribution in [0, 0.1) is 0 Å². The Hall–Kier alpha value is -1.95. The quantitative estimate of drug-likeness (QED) is 0.848. The van der Waals surface area contributed by atoms with Crippen molar-refractivity contribution < 1.29 is 4.79 Å². The summed E-state index contributed by atoms with van der Waals surface area (Å²) in [5.41, 5.74) is 1.11. The maximum Gasteiger partial charge on any atom is 0.276 e. The van der Waals surface area contributed by atoms with Gasteiger partial charge in [0.05, 0.1) is 0 Å². The first-order chi connectivity index (χ1) is 11.1. The molecule has 0 aliphatic carbocycles. The van der Waals surface area contributed by atoms with E-state index in [-0.39, 0.29) is 5.91 Å². The highest BCUT2D eigenvalue weighted by Crippen LogP contribution is 2.32. The third-order valence-electron chi connectivity index (χ3n) is 5.24. The summed E-state index contributed by atoms with van der Waals surface area (Å²) in [6.45, 7) is 6.13. The van der Waals surface area contributed by atoms with E-state index in [0.717, 1.165) is 19.5 Å². The van der Waals surface area contributed by atoms with Gasteiger partial charge in [-0.25, -0.2) is 9.97 Å². The molecule has 2 bridgehead atoms. The lowest BCUT2D eigenvalue weighted by molar-refractivity contribution is 0.0724. The van der Waals surface area contributed by atoms with Crippen molar-refractivity contribution in [3.63, 3.8) is 0 Å². The third-order valence-corrected chi connectivity index (χ3v) is 5.24. The van der Waals surface area contributed by atoms with Gasteiger partial charge in [0.15, 0.2) is 11.3 Å². The molecule has 4 rings (SSSR count). The summed E-state index contributed by atoms with van der Waals surface area (Å²) in [4.78, 5) is 26.2. The predicted molar refractivity (Wildman–Crippen MR) is 87.3 cm³/mol. The van der Waals surface area contributed by atoms with Crippen molar-refractivity contribution in [2.24, 2.45) is 0 Å². The van der Waals surface area contributed by atoms with Crippen molar-refractivity contribution in [2.75, 3.05) is 13.1 Å². The molecule has 6 heteroatoms. The summed E-state index contributed by atoms with van der Waals surface area (Å²) in [6.07, 6.45) is 10.6. The van der Waals surface area contributed by atoms with Crippen LogP contribution in [0.4, 0.5) is 0 Å². The number of hydrogen-bond acceptors (Lipinski definition) is 4. The van der Waals surface area contributed by atoms with Gasteiger partial charge in [-0.15, -0.1) is 0 Å². The Bertz CT molecular complexity index is 725. The fraction of sp³-hybridized carbons (Fsp3) is 0.588. The van der Waals surface area contributed by atoms with Crippen LogP contribution in [0.15, 0.2) is 24.8 Å². The molecule has 2 saturated heterocycles. The summed E-state index contributed by atoms with van der Waals surface area (Å²) in [5.74, 6) is 0.0121. The maximum absolute atomic E-state index is 13.0. The van der Waals surface area contributed by atoms with E-state index in [1.165, 1.54) is 12.8 Å². The molecule has 6 nitrogen and oxygen atoms in total. The van der Waals surface area contributed by atoms with E-state index in [2.05, 4.69) is 28.7 Å². The largest absolute Gasteiger partial charge is 0.336 e. The van der Waals surface area contributed by atoms with E-state index in [0.29, 0.717) is 29.5 Å². The number of amides is 1. The fourth-order valence-electron chi connectivity index (χ4n) is 4.29. The summed E-state index contributed by atoms with van der Waals surface area (Å²) in [7, 11) is 0. The first-order valence-electron chi connectivity index (χ1n) is 8.49. The Morgan fingerprint density at radius 3 is 2.65 bits per heavy atom. The monoisotopic (exact) mass is 313 g/mol. The number of imidazole rings is 1. The van der Waals surface area contributed by atoms with E-state index >= 15 is 0 Å². The van der Waals surface area contributed by atoms with E-state index in [4.69, 9.17) is 0 Å². The molecule has 2 aromatic rings. The molecule has 2 unspecified atom stereocenters. The van der Waals surface area contributed by atoms with Crippen molar-refractivity contribution in [2.45, 2.75) is 51.2 Å². The van der Waals surface area contributed by atoms with Gasteiger partial charge in [0.2, 0.25) is 0 Å². The second kappa shape index (κ2) is 5.60. The standard InChI is InChI=1S/C17H23N5O/c1-12(2)22-13-3-4-14(22)11-21(8-5-13)17(23)15-16-19-7-10-20(16)9-6-18-15/h6-7,9-10,12-14H,3-5,8,11H2,1-2H3. The lowest BCUT2D eigenvalue weighted by Gasteiger charge is -2.32. The number of carbonyl (C=O) groups is 1. The van der Waals surface area contributed by atoms with Crippen molar-refractivity contribution >= 4 is 11.6 Å². The average molecular weight is 313 g/mol. The summed E-state index contributed by atoms with van der Waals surface area (Å²) in [6, 6.07) is 1.63. The van der Waals surface area contributed by atoms with Gasteiger partial charge in [0.25, 0.3) is 5.91 Å². The molecule has 2 atom stereocenters. The van der Waals surface area contributed by atoms with Gasteiger partial charge in [0.1, 0.15) is 0 Å². The molecule has 0 saturated carbocycles. The van der Waals surface area contributed by atoms with Gasteiger partial charge in [-0.3, -0.25) is 9.69 Å². The number of hydrogen-bond donors (Lipinski definition) is 0. The van der Waals surface area contributed by atoms with Gasteiger partial charge in [-0.1, -0.05) is 0 Å². The zero-order valence-electron chi connectivity index (χ0n) is 13.7. The molecule has 2 fully saturated rings. The fourth-order valence-corrected chi connectivity index (χ4v) is 4.29. The SMILES string of the molecule is CC(C)N1C2CCC1CN(C(=O)c1nccn3ccnc13)CC2. The first-order valence-corrected chi connectivity index (χ1v) is 8.49. The van der Waals surface area contributed by atoms with Crippen molar-refractivity contribution in [3.8, 4) is 0 Å². The number of aromatic nitrogens is 3. The Morgan fingerprint density at radius 2 is 1.87 bits per heavy atom. The van der Waals surface area contributed by atoms with Gasteiger partial charge in [0, 0.05) is 56.0 Å². The normalized spacial score (nSPS) is 25.3. The van der Waals surface area contributed by atoms with E-state index in [1.54, 1.807) is 12.4 Å². The number of rotatable bonds is 2. The summed E-state index contributed by atoms with van der Waals surface area (Å²) < 4.78 is 1.85. The average Bonchev–Trinajstić information content (AvgIpc) is 3.10. The van der Waals surface area contributed by atoms with E-state index < -0.39 is 0 Å². The maximum atomic E-state index is 13.0. The Kier molecular flexibility index (Phi) is 3.56. The molecule has 2 aromatic heterocycles. The minimum absolute atomic E-state index is 0.0121. The molecular formula is C17H23N5O. The number of likely N-dealkylation sites (tertiary alicyclic amines) is 1. The second-order valence-electron chi connectivity index (χ2n) is 6.90. The van der Waals surface area contributed by atoms with E-state index in [1.807, 2.05) is 21.7 Å². The molecule has 0 radical (unpaired) electrons. The van der Waals surface area contributed by atoms with Crippen LogP contribution in [-0.2, 0) is 0 Å². The van der Waals surface area contributed by atoms with Crippen LogP contribution < -0.4 is 0 Å². The lowest BCUT2D eigenvalue weighted by atomic mass is 10.1. The van der Waals surface area contributed by atoms with Crippen molar-refractivity contribution in [1.82, 2.24) is 24.2 Å². The van der Waals surface area contributed by atoms with Crippen LogP contribution >= 0.6 is 0 Å². The number of carbonyl (C=O) groups excluding carboxylic acids is 1. The Morgan fingerprint density at radius 1 is 1.13 bits per heavy atom. The highest BCUT2D eigenvalue weighted by atomic mass is 16.2. The van der Waals surface area contributed by atoms with Crippen LogP contribution in [0.25, 0.3) is 5.65 Å². The van der Waals surface area contributed by atoms with Gasteiger partial charge in [-0.05, 0) is 33.1 Å². The highest BCUT2D eigenvalue weighted by Gasteiger charge is 2.40. The van der Waals surface area contributed by atoms with Gasteiger partial charge in [-0.2, -0.15) is 0 Å². The lowest BCUT2D eigenvalue weighted by Crippen LogP contribution is -2.44. The Labute approximate surface area is 136 Å². The molecule has 2 aliphatic heterocycles. The molecule has 23 heavy (non-hydrogen) atoms. The second-order valence-corrected chi connectivity index (χ2v) is 6.90. The van der Waals surface area contributed by atoms with E-state index in [9.17, 15) is 4.79 Å². The van der Waals surface area contributed by atoms with Gasteiger partial charge < -0.3 is 9.30 Å². The zero-order chi connectivity index (χ0) is 16.0. The first kappa shape index (κ1) is 14.6. The molecule has 1 amide bonds. The predicted octanol–water partition coefficient (Wildman–Crippen LogP) is 1.82. The molecule has 2 aliphatic rings. The van der Waals surface area contributed by atoms with Crippen LogP contribution in [-0.4, -0.2) is 61.3 Å². The van der Waals surface area contributed by atoms with Crippen molar-refractivity contribution in [3.05, 3.63) is 30.5 Å². The number of fused-ring (bicyclic) bond motifs is 3. The van der Waals surface area contributed by atoms with Crippen LogP contribution in [0.2, 0.25) is 0 Å². The molecule has 122 valence electrons. The summed E-state index contributed by atoms with van der Waals surface area (Å²) in [5, 5.41) is 0. The zero-order valence-corrected chi connectivity index (χ0v) is 13.7. The number of nitrogens with zero attached hydrogens (tertiary/aromatic N) is 5. The molecule has 0 aromatic carbocycles. The molecule has 4 heterocycles. The topological polar surface area (TPSA) is 53.7 Å². The highest BCUT2D eigenvalue weighted by molar-refractivity contribution is 5.97. The Balaban J connectivity index is 1.61. The molecule has 0 spiro atoms. The smallest absolute Gasteiger partial charge is 0.276 e. The third kappa shape index (κ3) is 2.41. The van der Waals surface area contributed by atoms with Crippen LogP contribution in [0.3, 0.4) is 0 Å². The minimum Gasteiger partial charge on any atom is -0.336 e. The van der Waals surface area contributed by atoms with Crippen LogP contribution in [0.5, 0.6) is 0 Å². The minimum atomic E-state index is 0.0121. The van der Waals surface area contributed by atoms with Crippen LogP contribution in [0.1, 0.15) is 43.6 Å². The van der Waals surface area contributed by atoms with Crippen molar-refractivity contribution in [1.29, 1.82) is 0 Å².